The minimum Gasteiger partial charge on any atom is -0.484 e. The largest absolute Gasteiger partial charge is 0.484 e. The van der Waals surface area contributed by atoms with Crippen LogP contribution in [0.5, 0.6) is 5.75 Å². The van der Waals surface area contributed by atoms with Gasteiger partial charge in [-0.25, -0.2) is 0 Å². The molecule has 0 saturated carbocycles. The molecule has 0 spiro atoms. The molecule has 1 N–H and O–H groups in total. The van der Waals surface area contributed by atoms with Gasteiger partial charge in [0, 0.05) is 34.6 Å². The van der Waals surface area contributed by atoms with Crippen molar-refractivity contribution in [2.45, 2.75) is 45.8 Å². The van der Waals surface area contributed by atoms with E-state index in [1.165, 1.54) is 4.90 Å². The molecule has 3 aromatic rings. The van der Waals surface area contributed by atoms with Crippen LogP contribution in [-0.2, 0) is 22.6 Å². The van der Waals surface area contributed by atoms with Gasteiger partial charge in [0.05, 0.1) is 0 Å². The van der Waals surface area contributed by atoms with Crippen molar-refractivity contribution in [1.29, 1.82) is 0 Å². The number of aryl methyl sites for hydroxylation is 1. The molecule has 7 heteroatoms. The van der Waals surface area contributed by atoms with E-state index in [4.69, 9.17) is 27.9 Å². The Labute approximate surface area is 217 Å². The molecule has 1 atom stereocenters. The molecule has 0 radical (unpaired) electrons. The lowest BCUT2D eigenvalue weighted by Gasteiger charge is -2.32. The third kappa shape index (κ3) is 7.74. The first kappa shape index (κ1) is 26.6. The topological polar surface area (TPSA) is 58.6 Å². The Hall–Kier alpha value is -3.02. The van der Waals surface area contributed by atoms with Gasteiger partial charge < -0.3 is 15.0 Å². The molecule has 0 unspecified atom stereocenters. The average molecular weight is 513 g/mol. The van der Waals surface area contributed by atoms with Gasteiger partial charge in [0.1, 0.15) is 11.8 Å². The summed E-state index contributed by atoms with van der Waals surface area (Å²) in [5.41, 5.74) is 2.53. The minimum atomic E-state index is -0.791. The highest BCUT2D eigenvalue weighted by Crippen LogP contribution is 2.27. The summed E-state index contributed by atoms with van der Waals surface area (Å²) in [6.45, 7) is 5.56. The molecule has 0 fully saturated rings. The summed E-state index contributed by atoms with van der Waals surface area (Å²) in [6.07, 6.45) is 0.331. The quantitative estimate of drug-likeness (QED) is 0.370. The summed E-state index contributed by atoms with van der Waals surface area (Å²) in [7, 11) is 0. The molecule has 3 aromatic carbocycles. The van der Waals surface area contributed by atoms with E-state index in [0.29, 0.717) is 27.8 Å². The minimum absolute atomic E-state index is 0.0670. The molecule has 35 heavy (non-hydrogen) atoms. The van der Waals surface area contributed by atoms with E-state index in [-0.39, 0.29) is 31.0 Å². The number of nitrogens with zero attached hydrogens (tertiary/aromatic N) is 1. The number of carbonyl (C=O) groups is 2. The summed E-state index contributed by atoms with van der Waals surface area (Å²) in [5.74, 6) is -0.0152. The average Bonchev–Trinajstić information content (AvgIpc) is 2.81. The zero-order valence-corrected chi connectivity index (χ0v) is 21.6. The van der Waals surface area contributed by atoms with Gasteiger partial charge >= 0.3 is 0 Å². The van der Waals surface area contributed by atoms with Crippen LogP contribution in [0.4, 0.5) is 0 Å². The van der Waals surface area contributed by atoms with Gasteiger partial charge in [0.25, 0.3) is 5.91 Å². The van der Waals surface area contributed by atoms with Crippen LogP contribution >= 0.6 is 23.2 Å². The van der Waals surface area contributed by atoms with Crippen molar-refractivity contribution < 1.29 is 14.3 Å². The molecule has 2 amide bonds. The molecule has 0 aliphatic carbocycles. The molecule has 0 heterocycles. The van der Waals surface area contributed by atoms with E-state index in [0.717, 1.165) is 11.1 Å². The number of rotatable bonds is 10. The highest BCUT2D eigenvalue weighted by atomic mass is 35.5. The summed E-state index contributed by atoms with van der Waals surface area (Å²) in [5, 5.41) is 3.81. The second-order valence-corrected chi connectivity index (χ2v) is 9.51. The maximum absolute atomic E-state index is 13.6. The monoisotopic (exact) mass is 512 g/mol. The van der Waals surface area contributed by atoms with E-state index in [2.05, 4.69) is 5.32 Å². The van der Waals surface area contributed by atoms with Gasteiger partial charge in [0.2, 0.25) is 5.91 Å². The number of hydrogen-bond donors (Lipinski definition) is 1. The van der Waals surface area contributed by atoms with E-state index in [9.17, 15) is 9.59 Å². The third-order valence-corrected chi connectivity index (χ3v) is 6.15. The van der Waals surface area contributed by atoms with Gasteiger partial charge in [-0.15, -0.1) is 0 Å². The molecular formula is C28H30Cl2N2O3. The second kappa shape index (κ2) is 12.6. The molecule has 0 bridgehead atoms. The van der Waals surface area contributed by atoms with E-state index >= 15 is 0 Å². The Morgan fingerprint density at radius 1 is 0.943 bits per heavy atom. The maximum atomic E-state index is 13.6. The van der Waals surface area contributed by atoms with Crippen LogP contribution in [0.15, 0.2) is 72.8 Å². The lowest BCUT2D eigenvalue weighted by Crippen LogP contribution is -2.52. The fourth-order valence-corrected chi connectivity index (χ4v) is 4.24. The molecule has 5 nitrogen and oxygen atoms in total. The molecule has 184 valence electrons. The molecule has 3 rings (SSSR count). The van der Waals surface area contributed by atoms with Gasteiger partial charge in [0.15, 0.2) is 6.61 Å². The summed E-state index contributed by atoms with van der Waals surface area (Å²) in [4.78, 5) is 28.5. The van der Waals surface area contributed by atoms with E-state index in [1.54, 1.807) is 24.3 Å². The Balaban J connectivity index is 1.96. The van der Waals surface area contributed by atoms with Crippen molar-refractivity contribution in [3.8, 4) is 5.75 Å². The fraction of sp³-hybridized carbons (Fsp3) is 0.286. The Morgan fingerprint density at radius 3 is 2.23 bits per heavy atom. The summed E-state index contributed by atoms with van der Waals surface area (Å²) in [6, 6.07) is 21.4. The van der Waals surface area contributed by atoms with Crippen LogP contribution < -0.4 is 10.1 Å². The smallest absolute Gasteiger partial charge is 0.261 e. The number of ether oxygens (including phenoxy) is 1. The highest BCUT2D eigenvalue weighted by molar-refractivity contribution is 6.36. The molecule has 0 aliphatic heterocycles. The lowest BCUT2D eigenvalue weighted by molar-refractivity contribution is -0.143. The number of hydrogen-bond acceptors (Lipinski definition) is 3. The predicted molar refractivity (Wildman–Crippen MR) is 141 cm³/mol. The van der Waals surface area contributed by atoms with E-state index < -0.39 is 6.04 Å². The first-order valence-electron chi connectivity index (χ1n) is 11.5. The summed E-state index contributed by atoms with van der Waals surface area (Å²) >= 11 is 12.9. The van der Waals surface area contributed by atoms with Gasteiger partial charge in [-0.1, -0.05) is 71.7 Å². The highest BCUT2D eigenvalue weighted by Gasteiger charge is 2.32. The third-order valence-electron chi connectivity index (χ3n) is 5.44. The number of benzene rings is 3. The molecule has 0 aliphatic rings. The van der Waals surface area contributed by atoms with Crippen LogP contribution in [0.1, 0.15) is 30.5 Å². The Morgan fingerprint density at radius 2 is 1.60 bits per heavy atom. The van der Waals surface area contributed by atoms with Gasteiger partial charge in [-0.3, -0.25) is 9.59 Å². The number of nitrogens with one attached hydrogen (secondary N) is 1. The maximum Gasteiger partial charge on any atom is 0.261 e. The van der Waals surface area contributed by atoms with Crippen molar-refractivity contribution in [3.63, 3.8) is 0 Å². The zero-order chi connectivity index (χ0) is 25.4. The fourth-order valence-electron chi connectivity index (χ4n) is 3.72. The van der Waals surface area contributed by atoms with Crippen molar-refractivity contribution in [2.75, 3.05) is 6.61 Å². The number of carbonyl (C=O) groups excluding carboxylic acids is 2. The lowest BCUT2D eigenvalue weighted by atomic mass is 10.0. The normalized spacial score (nSPS) is 11.7. The van der Waals surface area contributed by atoms with Gasteiger partial charge in [-0.05, 0) is 56.2 Å². The van der Waals surface area contributed by atoms with Crippen LogP contribution in [0.25, 0.3) is 0 Å². The van der Waals surface area contributed by atoms with Crippen LogP contribution in [-0.4, -0.2) is 35.4 Å². The second-order valence-electron chi connectivity index (χ2n) is 8.70. The van der Waals surface area contributed by atoms with Crippen LogP contribution in [0.3, 0.4) is 0 Å². The van der Waals surface area contributed by atoms with Crippen LogP contribution in [0, 0.1) is 6.92 Å². The Bertz CT molecular complexity index is 1130. The predicted octanol–water partition coefficient (Wildman–Crippen LogP) is 5.85. The SMILES string of the molecule is Cc1cccc(OCC(=O)N(Cc2c(Cl)cccc2Cl)[C@H](Cc2ccccc2)C(=O)NC(C)C)c1. The first-order valence-corrected chi connectivity index (χ1v) is 12.3. The first-order chi connectivity index (χ1) is 16.7. The number of halogens is 2. The van der Waals surface area contributed by atoms with Crippen molar-refractivity contribution in [1.82, 2.24) is 10.2 Å². The van der Waals surface area contributed by atoms with Crippen molar-refractivity contribution >= 4 is 35.0 Å². The summed E-state index contributed by atoms with van der Waals surface area (Å²) < 4.78 is 5.80. The zero-order valence-electron chi connectivity index (χ0n) is 20.1. The Kier molecular flexibility index (Phi) is 9.58. The standard InChI is InChI=1S/C28H30Cl2N2O3/c1-19(2)31-28(34)26(16-21-10-5-4-6-11-21)32(17-23-24(29)13-8-14-25(23)30)27(33)18-35-22-12-7-9-20(3)15-22/h4-15,19,26H,16-18H2,1-3H3,(H,31,34)/t26-/m1/s1. The van der Waals surface area contributed by atoms with Gasteiger partial charge in [-0.2, -0.15) is 0 Å². The van der Waals surface area contributed by atoms with Crippen LogP contribution in [0.2, 0.25) is 10.0 Å². The van der Waals surface area contributed by atoms with Crippen molar-refractivity contribution in [2.24, 2.45) is 0 Å². The molecule has 0 saturated heterocycles. The molecule has 0 aromatic heterocycles. The number of amides is 2. The molecular weight excluding hydrogens is 483 g/mol. The van der Waals surface area contributed by atoms with E-state index in [1.807, 2.05) is 69.3 Å². The van der Waals surface area contributed by atoms with Crippen molar-refractivity contribution in [3.05, 3.63) is 99.5 Å².